The molecule has 0 aliphatic carbocycles. The van der Waals surface area contributed by atoms with Gasteiger partial charge in [-0.15, -0.1) is 0 Å². The number of ether oxygens (including phenoxy) is 1. The van der Waals surface area contributed by atoms with Gasteiger partial charge < -0.3 is 9.64 Å². The van der Waals surface area contributed by atoms with E-state index in [-0.39, 0.29) is 17.4 Å². The van der Waals surface area contributed by atoms with Crippen molar-refractivity contribution >= 4 is 5.91 Å². The predicted octanol–water partition coefficient (Wildman–Crippen LogP) is 1.55. The predicted molar refractivity (Wildman–Crippen MR) is 53.6 cm³/mol. The molecular formula is C11H17NO2. The minimum Gasteiger partial charge on any atom is -0.350 e. The fourth-order valence-corrected chi connectivity index (χ4v) is 2.15. The third kappa shape index (κ3) is 1.19. The lowest BCUT2D eigenvalue weighted by Gasteiger charge is -2.36. The van der Waals surface area contributed by atoms with Gasteiger partial charge in [0.15, 0.2) is 5.72 Å². The van der Waals surface area contributed by atoms with E-state index in [0.717, 1.165) is 0 Å². The van der Waals surface area contributed by atoms with Crippen molar-refractivity contribution in [2.24, 2.45) is 5.41 Å². The summed E-state index contributed by atoms with van der Waals surface area (Å²) in [6, 6.07) is 0.176. The molecule has 0 unspecified atom stereocenters. The number of hydrogen-bond donors (Lipinski definition) is 0. The number of rotatable bonds is 0. The molecule has 0 saturated carbocycles. The second-order valence-corrected chi connectivity index (χ2v) is 5.29. The standard InChI is InChI=1S/C11H17NO2/c1-10(2,3)8-7-14-11(4)6-5-9(13)12(8)11/h5-6,8H,7H2,1-4H3/t8-,11-/m1/s1. The maximum Gasteiger partial charge on any atom is 0.249 e. The summed E-state index contributed by atoms with van der Waals surface area (Å²) < 4.78 is 5.69. The van der Waals surface area contributed by atoms with Crippen LogP contribution < -0.4 is 0 Å². The number of hydrogen-bond acceptors (Lipinski definition) is 2. The Balaban J connectivity index is 2.32. The molecule has 2 aliphatic rings. The van der Waals surface area contributed by atoms with E-state index in [1.807, 2.05) is 17.9 Å². The minimum atomic E-state index is -0.491. The Morgan fingerprint density at radius 1 is 1.57 bits per heavy atom. The third-order valence-electron chi connectivity index (χ3n) is 3.10. The Labute approximate surface area is 84.7 Å². The molecule has 0 bridgehead atoms. The first-order valence-corrected chi connectivity index (χ1v) is 5.01. The zero-order valence-electron chi connectivity index (χ0n) is 9.20. The number of amides is 1. The quantitative estimate of drug-likeness (QED) is 0.587. The second-order valence-electron chi connectivity index (χ2n) is 5.29. The van der Waals surface area contributed by atoms with Crippen LogP contribution in [0.1, 0.15) is 27.7 Å². The van der Waals surface area contributed by atoms with E-state index in [1.54, 1.807) is 6.08 Å². The van der Waals surface area contributed by atoms with Crippen LogP contribution in [-0.4, -0.2) is 29.2 Å². The van der Waals surface area contributed by atoms with Gasteiger partial charge in [-0.2, -0.15) is 0 Å². The van der Waals surface area contributed by atoms with Gasteiger partial charge >= 0.3 is 0 Å². The molecule has 0 aromatic carbocycles. The van der Waals surface area contributed by atoms with E-state index in [2.05, 4.69) is 20.8 Å². The highest BCUT2D eigenvalue weighted by molar-refractivity contribution is 5.91. The molecule has 14 heavy (non-hydrogen) atoms. The summed E-state index contributed by atoms with van der Waals surface area (Å²) in [5.41, 5.74) is -0.422. The van der Waals surface area contributed by atoms with E-state index in [0.29, 0.717) is 6.61 Å². The Bertz CT molecular complexity index is 303. The molecular weight excluding hydrogens is 178 g/mol. The van der Waals surface area contributed by atoms with Gasteiger partial charge in [0, 0.05) is 6.08 Å². The van der Waals surface area contributed by atoms with Crippen LogP contribution in [0.15, 0.2) is 12.2 Å². The third-order valence-corrected chi connectivity index (χ3v) is 3.10. The first kappa shape index (κ1) is 9.71. The monoisotopic (exact) mass is 195 g/mol. The van der Waals surface area contributed by atoms with Crippen molar-refractivity contribution in [3.63, 3.8) is 0 Å². The molecule has 1 fully saturated rings. The molecule has 0 aromatic heterocycles. The lowest BCUT2D eigenvalue weighted by molar-refractivity contribution is -0.135. The van der Waals surface area contributed by atoms with Gasteiger partial charge in [0.05, 0.1) is 12.6 Å². The van der Waals surface area contributed by atoms with E-state index in [4.69, 9.17) is 4.74 Å². The van der Waals surface area contributed by atoms with Crippen LogP contribution >= 0.6 is 0 Å². The highest BCUT2D eigenvalue weighted by Gasteiger charge is 2.51. The van der Waals surface area contributed by atoms with Crippen LogP contribution in [0, 0.1) is 5.41 Å². The highest BCUT2D eigenvalue weighted by Crippen LogP contribution is 2.40. The van der Waals surface area contributed by atoms with Gasteiger partial charge in [0.1, 0.15) is 0 Å². The van der Waals surface area contributed by atoms with Gasteiger partial charge in [0.25, 0.3) is 0 Å². The summed E-state index contributed by atoms with van der Waals surface area (Å²) in [6.45, 7) is 8.99. The smallest absolute Gasteiger partial charge is 0.249 e. The molecule has 1 amide bonds. The molecule has 2 aliphatic heterocycles. The Hall–Kier alpha value is -0.830. The van der Waals surface area contributed by atoms with E-state index in [1.165, 1.54) is 0 Å². The zero-order chi connectivity index (χ0) is 10.6. The molecule has 0 radical (unpaired) electrons. The van der Waals surface area contributed by atoms with Crippen molar-refractivity contribution in [1.82, 2.24) is 4.90 Å². The number of carbonyl (C=O) groups excluding carboxylic acids is 1. The van der Waals surface area contributed by atoms with Crippen LogP contribution in [0.2, 0.25) is 0 Å². The van der Waals surface area contributed by atoms with Crippen LogP contribution in [0.3, 0.4) is 0 Å². The van der Waals surface area contributed by atoms with Crippen LogP contribution in [0.4, 0.5) is 0 Å². The molecule has 0 N–H and O–H groups in total. The molecule has 2 heterocycles. The van der Waals surface area contributed by atoms with Gasteiger partial charge in [-0.1, -0.05) is 20.8 Å². The topological polar surface area (TPSA) is 29.5 Å². The molecule has 0 aromatic rings. The highest BCUT2D eigenvalue weighted by atomic mass is 16.5. The first-order valence-electron chi connectivity index (χ1n) is 5.01. The van der Waals surface area contributed by atoms with Crippen molar-refractivity contribution in [2.75, 3.05) is 6.61 Å². The number of fused-ring (bicyclic) bond motifs is 1. The number of carbonyl (C=O) groups is 1. The molecule has 3 nitrogen and oxygen atoms in total. The molecule has 2 atom stereocenters. The lowest BCUT2D eigenvalue weighted by Crippen LogP contribution is -2.49. The van der Waals surface area contributed by atoms with Crippen molar-refractivity contribution in [2.45, 2.75) is 39.5 Å². The molecule has 0 spiro atoms. The molecule has 2 rings (SSSR count). The fourth-order valence-electron chi connectivity index (χ4n) is 2.15. The summed E-state index contributed by atoms with van der Waals surface area (Å²) in [4.78, 5) is 13.5. The normalized spacial score (nSPS) is 36.7. The van der Waals surface area contributed by atoms with Gasteiger partial charge in [0.2, 0.25) is 5.91 Å². The average molecular weight is 195 g/mol. The van der Waals surface area contributed by atoms with Gasteiger partial charge in [-0.05, 0) is 18.4 Å². The van der Waals surface area contributed by atoms with Gasteiger partial charge in [-0.25, -0.2) is 0 Å². The van der Waals surface area contributed by atoms with Crippen molar-refractivity contribution in [3.05, 3.63) is 12.2 Å². The summed E-state index contributed by atoms with van der Waals surface area (Å²) in [7, 11) is 0. The van der Waals surface area contributed by atoms with Crippen LogP contribution in [-0.2, 0) is 9.53 Å². The zero-order valence-corrected chi connectivity index (χ0v) is 9.20. The Morgan fingerprint density at radius 3 is 2.79 bits per heavy atom. The lowest BCUT2D eigenvalue weighted by atomic mass is 9.86. The maximum atomic E-state index is 11.7. The average Bonchev–Trinajstić information content (AvgIpc) is 2.49. The van der Waals surface area contributed by atoms with Crippen LogP contribution in [0.25, 0.3) is 0 Å². The molecule has 78 valence electrons. The maximum absolute atomic E-state index is 11.7. The van der Waals surface area contributed by atoms with E-state index in [9.17, 15) is 4.79 Å². The molecule has 3 heteroatoms. The Kier molecular flexibility index (Phi) is 1.80. The Morgan fingerprint density at radius 2 is 2.21 bits per heavy atom. The SMILES string of the molecule is CC(C)(C)[C@H]1CO[C@]2(C)C=CC(=O)N12. The van der Waals surface area contributed by atoms with Crippen LogP contribution in [0.5, 0.6) is 0 Å². The van der Waals surface area contributed by atoms with Crippen molar-refractivity contribution in [3.8, 4) is 0 Å². The van der Waals surface area contributed by atoms with E-state index < -0.39 is 5.72 Å². The summed E-state index contributed by atoms with van der Waals surface area (Å²) in [6.07, 6.45) is 3.46. The largest absolute Gasteiger partial charge is 0.350 e. The fraction of sp³-hybridized carbons (Fsp3) is 0.727. The first-order chi connectivity index (χ1) is 6.34. The van der Waals surface area contributed by atoms with Crippen molar-refractivity contribution < 1.29 is 9.53 Å². The summed E-state index contributed by atoms with van der Waals surface area (Å²) in [5, 5.41) is 0. The summed E-state index contributed by atoms with van der Waals surface area (Å²) >= 11 is 0. The summed E-state index contributed by atoms with van der Waals surface area (Å²) in [5.74, 6) is 0.0740. The minimum absolute atomic E-state index is 0.0689. The van der Waals surface area contributed by atoms with Crippen molar-refractivity contribution in [1.29, 1.82) is 0 Å². The number of nitrogens with zero attached hydrogens (tertiary/aromatic N) is 1. The molecule has 1 saturated heterocycles. The second kappa shape index (κ2) is 2.60. The van der Waals surface area contributed by atoms with Gasteiger partial charge in [-0.3, -0.25) is 4.79 Å². The van der Waals surface area contributed by atoms with E-state index >= 15 is 0 Å².